The monoisotopic (exact) mass is 513 g/mol. The van der Waals surface area contributed by atoms with Gasteiger partial charge in [-0.3, -0.25) is 9.59 Å². The molecule has 33 heavy (non-hydrogen) atoms. The van der Waals surface area contributed by atoms with Crippen LogP contribution in [-0.2, 0) is 4.79 Å². The zero-order valence-electron chi connectivity index (χ0n) is 18.6. The van der Waals surface area contributed by atoms with Gasteiger partial charge in [-0.1, -0.05) is 48.0 Å². The van der Waals surface area contributed by atoms with E-state index >= 15 is 0 Å². The Morgan fingerprint density at radius 3 is 2.61 bits per heavy atom. The fourth-order valence-electron chi connectivity index (χ4n) is 3.21. The summed E-state index contributed by atoms with van der Waals surface area (Å²) < 4.78 is 20.6. The summed E-state index contributed by atoms with van der Waals surface area (Å²) in [6, 6.07) is 14.2. The topological polar surface area (TPSA) is 83.7 Å². The fraction of sp³-hybridized carbons (Fsp3) is 0.240. The largest absolute Gasteiger partial charge is 0.455 e. The van der Waals surface area contributed by atoms with Gasteiger partial charge in [-0.15, -0.1) is 0 Å². The molecule has 2 aromatic carbocycles. The van der Waals surface area contributed by atoms with Crippen molar-refractivity contribution in [2.45, 2.75) is 33.2 Å². The van der Waals surface area contributed by atoms with Gasteiger partial charge in [0.2, 0.25) is 0 Å². The number of rotatable bonds is 8. The van der Waals surface area contributed by atoms with Gasteiger partial charge in [-0.05, 0) is 61.2 Å². The molecule has 8 heteroatoms. The van der Waals surface area contributed by atoms with Crippen LogP contribution in [0.5, 0.6) is 0 Å². The van der Waals surface area contributed by atoms with E-state index in [9.17, 15) is 14.0 Å². The summed E-state index contributed by atoms with van der Waals surface area (Å²) in [6.45, 7) is 5.85. The van der Waals surface area contributed by atoms with E-state index in [4.69, 9.17) is 4.42 Å². The molecule has 0 aliphatic carbocycles. The molecule has 6 nitrogen and oxygen atoms in total. The number of hydrogen-bond acceptors (Lipinski definition) is 4. The molecule has 0 radical (unpaired) electrons. The van der Waals surface area contributed by atoms with Gasteiger partial charge in [0.25, 0.3) is 11.8 Å². The maximum Gasteiger partial charge on any atom is 0.262 e. The zero-order chi connectivity index (χ0) is 24.0. The van der Waals surface area contributed by atoms with E-state index in [2.05, 4.69) is 31.8 Å². The smallest absolute Gasteiger partial charge is 0.262 e. The van der Waals surface area contributed by atoms with Crippen LogP contribution in [0.1, 0.15) is 41.9 Å². The molecular formula is C25H25BrFN3O3. The van der Waals surface area contributed by atoms with Gasteiger partial charge in [0.05, 0.1) is 11.8 Å². The van der Waals surface area contributed by atoms with Crippen LogP contribution in [0.2, 0.25) is 0 Å². The maximum atomic E-state index is 13.9. The lowest BCUT2D eigenvalue weighted by molar-refractivity contribution is -0.123. The van der Waals surface area contributed by atoms with Crippen LogP contribution in [0.3, 0.4) is 0 Å². The first kappa shape index (κ1) is 24.4. The van der Waals surface area contributed by atoms with Crippen LogP contribution in [0.25, 0.3) is 11.3 Å². The summed E-state index contributed by atoms with van der Waals surface area (Å²) in [5, 5.41) is 6.55. The Morgan fingerprint density at radius 1 is 1.15 bits per heavy atom. The van der Waals surface area contributed by atoms with Crippen molar-refractivity contribution in [2.24, 2.45) is 11.0 Å². The average molecular weight is 514 g/mol. The summed E-state index contributed by atoms with van der Waals surface area (Å²) in [5.74, 6) is -0.579. The Hall–Kier alpha value is -3.26. The molecule has 0 saturated carbocycles. The molecule has 3 aromatic rings. The van der Waals surface area contributed by atoms with Crippen LogP contribution in [-0.4, -0.2) is 24.1 Å². The number of carbonyl (C=O) groups excluding carboxylic acids is 2. The number of aryl methyl sites for hydroxylation is 1. The first-order valence-corrected chi connectivity index (χ1v) is 11.3. The number of hydrogen-bond donors (Lipinski definition) is 2. The molecule has 1 aromatic heterocycles. The number of amides is 2. The zero-order valence-corrected chi connectivity index (χ0v) is 20.1. The second kappa shape index (κ2) is 11.0. The van der Waals surface area contributed by atoms with Crippen molar-refractivity contribution >= 4 is 34.0 Å². The molecule has 1 atom stereocenters. The lowest BCUT2D eigenvalue weighted by Crippen LogP contribution is -2.46. The first-order valence-electron chi connectivity index (χ1n) is 10.5. The van der Waals surface area contributed by atoms with E-state index < -0.39 is 23.7 Å². The first-order chi connectivity index (χ1) is 15.7. The van der Waals surface area contributed by atoms with Gasteiger partial charge < -0.3 is 9.73 Å². The van der Waals surface area contributed by atoms with E-state index in [0.29, 0.717) is 17.9 Å². The number of benzene rings is 2. The average Bonchev–Trinajstić information content (AvgIpc) is 3.21. The third-order valence-corrected chi connectivity index (χ3v) is 5.49. The van der Waals surface area contributed by atoms with Gasteiger partial charge in [0.15, 0.2) is 0 Å². The SMILES string of the molecule is Cc1ccc(-c2ccc(/C=N\NC(=O)[C@H](CC(C)C)NC(=O)c3ccccc3F)o2)c(Br)c1. The number of hydrazone groups is 1. The van der Waals surface area contributed by atoms with Crippen molar-refractivity contribution in [3.8, 4) is 11.3 Å². The molecule has 0 spiro atoms. The van der Waals surface area contributed by atoms with Crippen molar-refractivity contribution in [1.82, 2.24) is 10.7 Å². The molecule has 0 saturated heterocycles. The molecule has 2 amide bonds. The molecular weight excluding hydrogens is 489 g/mol. The number of halogens is 2. The molecule has 0 fully saturated rings. The van der Waals surface area contributed by atoms with Crippen LogP contribution in [0.4, 0.5) is 4.39 Å². The number of carbonyl (C=O) groups is 2. The van der Waals surface area contributed by atoms with Crippen molar-refractivity contribution in [2.75, 3.05) is 0 Å². The highest BCUT2D eigenvalue weighted by Crippen LogP contribution is 2.30. The minimum Gasteiger partial charge on any atom is -0.455 e. The maximum absolute atomic E-state index is 13.9. The molecule has 0 aliphatic rings. The molecule has 0 unspecified atom stereocenters. The molecule has 3 rings (SSSR count). The molecule has 1 heterocycles. The van der Waals surface area contributed by atoms with E-state index in [0.717, 1.165) is 15.6 Å². The third-order valence-electron chi connectivity index (χ3n) is 4.83. The lowest BCUT2D eigenvalue weighted by Gasteiger charge is -2.19. The summed E-state index contributed by atoms with van der Waals surface area (Å²) in [5.41, 5.74) is 4.34. The predicted molar refractivity (Wildman–Crippen MR) is 129 cm³/mol. The second-order valence-electron chi connectivity index (χ2n) is 8.06. The van der Waals surface area contributed by atoms with Gasteiger partial charge in [-0.2, -0.15) is 5.10 Å². The Bertz CT molecular complexity index is 1170. The Morgan fingerprint density at radius 2 is 1.91 bits per heavy atom. The van der Waals surface area contributed by atoms with Gasteiger partial charge in [0.1, 0.15) is 23.4 Å². The van der Waals surface area contributed by atoms with Crippen LogP contribution < -0.4 is 10.7 Å². The highest BCUT2D eigenvalue weighted by Gasteiger charge is 2.23. The van der Waals surface area contributed by atoms with Crippen LogP contribution >= 0.6 is 15.9 Å². The second-order valence-corrected chi connectivity index (χ2v) is 8.91. The molecule has 0 aliphatic heterocycles. The fourth-order valence-corrected chi connectivity index (χ4v) is 3.90. The van der Waals surface area contributed by atoms with Crippen LogP contribution in [0.15, 0.2) is 68.6 Å². The lowest BCUT2D eigenvalue weighted by atomic mass is 10.0. The number of nitrogens with one attached hydrogen (secondary N) is 2. The Kier molecular flexibility index (Phi) is 8.16. The van der Waals surface area contributed by atoms with Gasteiger partial charge >= 0.3 is 0 Å². The van der Waals surface area contributed by atoms with E-state index in [1.807, 2.05) is 45.0 Å². The number of furan rings is 1. The van der Waals surface area contributed by atoms with Crippen LogP contribution in [0, 0.1) is 18.7 Å². The standard InChI is InChI=1S/C25H25BrFN3O3/c1-15(2)12-22(29-24(31)19-6-4-5-7-21(19)27)25(32)30-28-14-17-9-11-23(33-17)18-10-8-16(3)13-20(18)26/h4-11,13-15,22H,12H2,1-3H3,(H,29,31)(H,30,32)/b28-14-/t22-/m0/s1. The minimum atomic E-state index is -0.870. The van der Waals surface area contributed by atoms with Crippen molar-refractivity contribution < 1.29 is 18.4 Å². The summed E-state index contributed by atoms with van der Waals surface area (Å²) in [7, 11) is 0. The minimum absolute atomic E-state index is 0.117. The Balaban J connectivity index is 1.66. The Labute approximate surface area is 200 Å². The van der Waals surface area contributed by atoms with Crippen molar-refractivity contribution in [1.29, 1.82) is 0 Å². The van der Waals surface area contributed by atoms with Gasteiger partial charge in [-0.25, -0.2) is 9.82 Å². The van der Waals surface area contributed by atoms with Gasteiger partial charge in [0, 0.05) is 10.0 Å². The number of nitrogens with zero attached hydrogens (tertiary/aromatic N) is 1. The summed E-state index contributed by atoms with van der Waals surface area (Å²) in [6.07, 6.45) is 1.75. The predicted octanol–water partition coefficient (Wildman–Crippen LogP) is 5.45. The third kappa shape index (κ3) is 6.61. The van der Waals surface area contributed by atoms with E-state index in [1.54, 1.807) is 12.1 Å². The van der Waals surface area contributed by atoms with E-state index in [1.165, 1.54) is 24.4 Å². The van der Waals surface area contributed by atoms with Crippen molar-refractivity contribution in [3.05, 3.63) is 81.8 Å². The normalized spacial score (nSPS) is 12.2. The van der Waals surface area contributed by atoms with Crippen molar-refractivity contribution in [3.63, 3.8) is 0 Å². The molecule has 0 bridgehead atoms. The molecule has 172 valence electrons. The summed E-state index contributed by atoms with van der Waals surface area (Å²) >= 11 is 3.53. The van der Waals surface area contributed by atoms with E-state index in [-0.39, 0.29) is 11.5 Å². The summed E-state index contributed by atoms with van der Waals surface area (Å²) in [4.78, 5) is 25.1. The molecule has 2 N–H and O–H groups in total. The highest BCUT2D eigenvalue weighted by molar-refractivity contribution is 9.10. The highest BCUT2D eigenvalue weighted by atomic mass is 79.9. The quantitative estimate of drug-likeness (QED) is 0.310.